The van der Waals surface area contributed by atoms with Gasteiger partial charge in [0.25, 0.3) is 5.91 Å². The van der Waals surface area contributed by atoms with Gasteiger partial charge in [0.05, 0.1) is 12.0 Å². The van der Waals surface area contributed by atoms with Crippen molar-refractivity contribution in [1.82, 2.24) is 10.3 Å². The van der Waals surface area contributed by atoms with Gasteiger partial charge in [0, 0.05) is 16.8 Å². The molecule has 0 fully saturated rings. The van der Waals surface area contributed by atoms with Gasteiger partial charge in [-0.15, -0.1) is 0 Å². The maximum absolute atomic E-state index is 13.1. The number of rotatable bonds is 10. The van der Waals surface area contributed by atoms with E-state index in [9.17, 15) is 19.5 Å². The first-order valence-electron chi connectivity index (χ1n) is 10.9. The summed E-state index contributed by atoms with van der Waals surface area (Å²) in [5.41, 5.74) is 1.49. The number of nitrogens with zero attached hydrogens (tertiary/aromatic N) is 1. The molecule has 2 aromatic carbocycles. The van der Waals surface area contributed by atoms with Crippen molar-refractivity contribution in [2.75, 3.05) is 5.32 Å². The van der Waals surface area contributed by atoms with Crippen molar-refractivity contribution < 1.29 is 19.5 Å². The third kappa shape index (κ3) is 7.18. The first kappa shape index (κ1) is 25.0. The van der Waals surface area contributed by atoms with Crippen molar-refractivity contribution in [3.05, 3.63) is 84.1 Å². The molecule has 3 rings (SSSR count). The van der Waals surface area contributed by atoms with Crippen LogP contribution in [0.15, 0.2) is 82.8 Å². The Labute approximate surface area is 203 Å². The fraction of sp³-hybridized carbons (Fsp3) is 0.231. The minimum Gasteiger partial charge on any atom is -0.480 e. The Kier molecular flexibility index (Phi) is 8.81. The van der Waals surface area contributed by atoms with Crippen LogP contribution in [-0.4, -0.2) is 33.9 Å². The number of para-hydroxylation sites is 1. The molecule has 176 valence electrons. The number of pyridine rings is 1. The van der Waals surface area contributed by atoms with E-state index in [2.05, 4.69) is 15.6 Å². The van der Waals surface area contributed by atoms with Gasteiger partial charge in [-0.2, -0.15) is 0 Å². The third-order valence-electron chi connectivity index (χ3n) is 4.93. The zero-order chi connectivity index (χ0) is 24.5. The van der Waals surface area contributed by atoms with E-state index in [4.69, 9.17) is 0 Å². The van der Waals surface area contributed by atoms with Crippen LogP contribution in [-0.2, 0) is 16.0 Å². The smallest absolute Gasteiger partial charge is 0.326 e. The standard InChI is InChI=1S/C26H27N3O4S/c1-17(2)15-22(26(32)33)28-23(30)16-18-9-6-7-13-21(18)29-24(31)20-12-8-14-27-25(20)34-19-10-4-3-5-11-19/h3-14,17,22H,15-16H2,1-2H3,(H,28,30)(H,29,31)(H,32,33). The van der Waals surface area contributed by atoms with Crippen LogP contribution < -0.4 is 10.6 Å². The summed E-state index contributed by atoms with van der Waals surface area (Å²) in [7, 11) is 0. The van der Waals surface area contributed by atoms with Crippen LogP contribution in [0.2, 0.25) is 0 Å². The Balaban J connectivity index is 1.74. The molecule has 3 aromatic rings. The number of anilines is 1. The van der Waals surface area contributed by atoms with Crippen LogP contribution >= 0.6 is 11.8 Å². The summed E-state index contributed by atoms with van der Waals surface area (Å²) in [4.78, 5) is 42.5. The molecule has 2 amide bonds. The number of amides is 2. The molecule has 3 N–H and O–H groups in total. The fourth-order valence-electron chi connectivity index (χ4n) is 3.34. The zero-order valence-electron chi connectivity index (χ0n) is 19.0. The molecule has 34 heavy (non-hydrogen) atoms. The van der Waals surface area contributed by atoms with Crippen molar-refractivity contribution in [1.29, 1.82) is 0 Å². The Morgan fingerprint density at radius 3 is 2.38 bits per heavy atom. The average Bonchev–Trinajstić information content (AvgIpc) is 2.80. The second-order valence-electron chi connectivity index (χ2n) is 8.15. The summed E-state index contributed by atoms with van der Waals surface area (Å²) >= 11 is 1.39. The molecule has 1 aromatic heterocycles. The van der Waals surface area contributed by atoms with Crippen molar-refractivity contribution in [3.63, 3.8) is 0 Å². The quantitative estimate of drug-likeness (QED) is 0.392. The molecule has 0 aliphatic rings. The number of carboxylic acid groups (broad SMARTS) is 1. The highest BCUT2D eigenvalue weighted by Crippen LogP contribution is 2.29. The molecule has 0 saturated carbocycles. The van der Waals surface area contributed by atoms with Crippen LogP contribution in [0.5, 0.6) is 0 Å². The van der Waals surface area contributed by atoms with Gasteiger partial charge in [-0.1, -0.05) is 62.0 Å². The third-order valence-corrected chi connectivity index (χ3v) is 5.96. The maximum Gasteiger partial charge on any atom is 0.326 e. The van der Waals surface area contributed by atoms with E-state index >= 15 is 0 Å². The SMILES string of the molecule is CC(C)CC(NC(=O)Cc1ccccc1NC(=O)c1cccnc1Sc1ccccc1)C(=O)O. The Bertz CT molecular complexity index is 1150. The normalized spacial score (nSPS) is 11.6. The molecule has 7 nitrogen and oxygen atoms in total. The Morgan fingerprint density at radius 1 is 0.971 bits per heavy atom. The van der Waals surface area contributed by atoms with E-state index < -0.39 is 17.9 Å². The van der Waals surface area contributed by atoms with Gasteiger partial charge in [-0.05, 0) is 48.2 Å². The summed E-state index contributed by atoms with van der Waals surface area (Å²) in [5, 5.41) is 15.4. The van der Waals surface area contributed by atoms with E-state index in [1.807, 2.05) is 44.2 Å². The van der Waals surface area contributed by atoms with Gasteiger partial charge >= 0.3 is 5.97 Å². The second kappa shape index (κ2) is 12.0. The monoisotopic (exact) mass is 477 g/mol. The number of hydrogen-bond acceptors (Lipinski definition) is 5. The van der Waals surface area contributed by atoms with Crippen molar-refractivity contribution >= 4 is 35.2 Å². The van der Waals surface area contributed by atoms with Gasteiger partial charge in [0.1, 0.15) is 11.1 Å². The Hall–Kier alpha value is -3.65. The molecular weight excluding hydrogens is 450 g/mol. The van der Waals surface area contributed by atoms with Crippen LogP contribution in [0.25, 0.3) is 0 Å². The summed E-state index contributed by atoms with van der Waals surface area (Å²) in [6.45, 7) is 3.80. The number of aliphatic carboxylic acids is 1. The second-order valence-corrected chi connectivity index (χ2v) is 9.21. The van der Waals surface area contributed by atoms with E-state index in [1.54, 1.807) is 42.6 Å². The first-order valence-corrected chi connectivity index (χ1v) is 11.7. The topological polar surface area (TPSA) is 108 Å². The number of aromatic nitrogens is 1. The van der Waals surface area contributed by atoms with Crippen LogP contribution in [0, 0.1) is 5.92 Å². The van der Waals surface area contributed by atoms with Crippen LogP contribution in [0.1, 0.15) is 36.2 Å². The number of nitrogens with one attached hydrogen (secondary N) is 2. The van der Waals surface area contributed by atoms with E-state index in [-0.39, 0.29) is 18.2 Å². The van der Waals surface area contributed by atoms with Crippen molar-refractivity contribution in [2.45, 2.75) is 42.7 Å². The summed E-state index contributed by atoms with van der Waals surface area (Å²) in [5.74, 6) is -1.71. The lowest BCUT2D eigenvalue weighted by atomic mass is 10.0. The van der Waals surface area contributed by atoms with E-state index in [0.29, 0.717) is 28.3 Å². The molecule has 0 saturated heterocycles. The lowest BCUT2D eigenvalue weighted by Crippen LogP contribution is -2.42. The highest BCUT2D eigenvalue weighted by molar-refractivity contribution is 7.99. The minimum atomic E-state index is -1.07. The minimum absolute atomic E-state index is 0.0585. The molecular formula is C26H27N3O4S. The predicted molar refractivity (Wildman–Crippen MR) is 132 cm³/mol. The zero-order valence-corrected chi connectivity index (χ0v) is 19.8. The van der Waals surface area contributed by atoms with Gasteiger partial charge < -0.3 is 15.7 Å². The lowest BCUT2D eigenvalue weighted by molar-refractivity contribution is -0.142. The number of benzene rings is 2. The molecule has 0 bridgehead atoms. The van der Waals surface area contributed by atoms with E-state index in [1.165, 1.54) is 11.8 Å². The highest BCUT2D eigenvalue weighted by Gasteiger charge is 2.22. The summed E-state index contributed by atoms with van der Waals surface area (Å²) in [6.07, 6.45) is 1.91. The van der Waals surface area contributed by atoms with Crippen molar-refractivity contribution in [2.24, 2.45) is 5.92 Å². The van der Waals surface area contributed by atoms with Crippen LogP contribution in [0.4, 0.5) is 5.69 Å². The van der Waals surface area contributed by atoms with E-state index in [0.717, 1.165) is 4.90 Å². The van der Waals surface area contributed by atoms with Gasteiger partial charge in [-0.25, -0.2) is 9.78 Å². The molecule has 0 radical (unpaired) electrons. The largest absolute Gasteiger partial charge is 0.480 e. The highest BCUT2D eigenvalue weighted by atomic mass is 32.2. The number of carbonyl (C=O) groups excluding carboxylic acids is 2. The number of carbonyl (C=O) groups is 3. The fourth-order valence-corrected chi connectivity index (χ4v) is 4.24. The molecule has 0 aliphatic carbocycles. The number of carboxylic acids is 1. The summed E-state index contributed by atoms with van der Waals surface area (Å²) in [6, 6.07) is 19.1. The van der Waals surface area contributed by atoms with Gasteiger partial charge in [0.2, 0.25) is 5.91 Å². The van der Waals surface area contributed by atoms with Crippen molar-refractivity contribution in [3.8, 4) is 0 Å². The Morgan fingerprint density at radius 2 is 1.68 bits per heavy atom. The molecule has 0 aliphatic heterocycles. The van der Waals surface area contributed by atoms with Gasteiger partial charge in [-0.3, -0.25) is 9.59 Å². The maximum atomic E-state index is 13.1. The predicted octanol–water partition coefficient (Wildman–Crippen LogP) is 4.64. The lowest BCUT2D eigenvalue weighted by Gasteiger charge is -2.17. The molecule has 1 unspecified atom stereocenters. The molecule has 0 spiro atoms. The number of hydrogen-bond donors (Lipinski definition) is 3. The molecule has 8 heteroatoms. The molecule has 1 heterocycles. The summed E-state index contributed by atoms with van der Waals surface area (Å²) < 4.78 is 0. The van der Waals surface area contributed by atoms with Gasteiger partial charge in [0.15, 0.2) is 0 Å². The first-order chi connectivity index (χ1) is 16.3. The average molecular weight is 478 g/mol. The van der Waals surface area contributed by atoms with Crippen LogP contribution in [0.3, 0.4) is 0 Å². The molecule has 1 atom stereocenters.